The SMILES string of the molecule is COc1cc(Nc2cc(Cl)nc(C)n2)c(OC)cc1Cl. The minimum atomic E-state index is 0.361. The normalized spacial score (nSPS) is 10.2. The largest absolute Gasteiger partial charge is 0.495 e. The van der Waals surface area contributed by atoms with Gasteiger partial charge in [-0.3, -0.25) is 0 Å². The third kappa shape index (κ3) is 3.23. The fraction of sp³-hybridized carbons (Fsp3) is 0.231. The van der Waals surface area contributed by atoms with Gasteiger partial charge in [0, 0.05) is 18.2 Å². The average molecular weight is 314 g/mol. The Labute approximate surface area is 126 Å². The maximum Gasteiger partial charge on any atom is 0.144 e. The van der Waals surface area contributed by atoms with Gasteiger partial charge in [0.15, 0.2) is 0 Å². The summed E-state index contributed by atoms with van der Waals surface area (Å²) >= 11 is 12.0. The van der Waals surface area contributed by atoms with Gasteiger partial charge in [-0.25, -0.2) is 9.97 Å². The molecule has 0 aliphatic rings. The van der Waals surface area contributed by atoms with E-state index in [1.54, 1.807) is 39.3 Å². The first-order valence-corrected chi connectivity index (χ1v) is 6.49. The van der Waals surface area contributed by atoms with Crippen molar-refractivity contribution in [2.24, 2.45) is 0 Å². The number of benzene rings is 1. The molecule has 1 N–H and O–H groups in total. The molecule has 7 heteroatoms. The lowest BCUT2D eigenvalue weighted by molar-refractivity contribution is 0.405. The molecule has 0 saturated heterocycles. The summed E-state index contributed by atoms with van der Waals surface area (Å²) in [5.74, 6) is 2.24. The van der Waals surface area contributed by atoms with Gasteiger partial charge in [-0.15, -0.1) is 0 Å². The number of hydrogen-bond donors (Lipinski definition) is 1. The van der Waals surface area contributed by atoms with E-state index in [4.69, 9.17) is 32.7 Å². The van der Waals surface area contributed by atoms with E-state index in [1.807, 2.05) is 0 Å². The Morgan fingerprint density at radius 1 is 1.00 bits per heavy atom. The molecule has 0 unspecified atom stereocenters. The van der Waals surface area contributed by atoms with E-state index in [9.17, 15) is 0 Å². The van der Waals surface area contributed by atoms with Crippen molar-refractivity contribution in [1.29, 1.82) is 0 Å². The highest BCUT2D eigenvalue weighted by atomic mass is 35.5. The number of aryl methyl sites for hydroxylation is 1. The summed E-state index contributed by atoms with van der Waals surface area (Å²) in [7, 11) is 3.10. The first-order chi connectivity index (χ1) is 9.53. The molecule has 0 fully saturated rings. The first-order valence-electron chi connectivity index (χ1n) is 5.73. The molecule has 1 aromatic carbocycles. The maximum atomic E-state index is 6.05. The molecule has 0 aliphatic heterocycles. The number of rotatable bonds is 4. The lowest BCUT2D eigenvalue weighted by Gasteiger charge is -2.13. The van der Waals surface area contributed by atoms with Gasteiger partial charge in [0.1, 0.15) is 28.3 Å². The third-order valence-corrected chi connectivity index (χ3v) is 3.03. The first kappa shape index (κ1) is 14.7. The molecule has 2 aromatic rings. The molecule has 106 valence electrons. The maximum absolute atomic E-state index is 6.05. The van der Waals surface area contributed by atoms with Crippen molar-refractivity contribution in [1.82, 2.24) is 9.97 Å². The van der Waals surface area contributed by atoms with Gasteiger partial charge in [-0.05, 0) is 6.92 Å². The predicted octanol–water partition coefficient (Wildman–Crippen LogP) is 3.85. The molecule has 5 nitrogen and oxygen atoms in total. The van der Waals surface area contributed by atoms with Crippen LogP contribution in [0, 0.1) is 6.92 Å². The van der Waals surface area contributed by atoms with Gasteiger partial charge < -0.3 is 14.8 Å². The molecule has 0 aliphatic carbocycles. The highest BCUT2D eigenvalue weighted by Crippen LogP contribution is 2.37. The molecule has 0 bridgehead atoms. The molecular weight excluding hydrogens is 301 g/mol. The van der Waals surface area contributed by atoms with Gasteiger partial charge in [0.25, 0.3) is 0 Å². The summed E-state index contributed by atoms with van der Waals surface area (Å²) < 4.78 is 10.5. The Morgan fingerprint density at radius 2 is 1.70 bits per heavy atom. The Balaban J connectivity index is 2.41. The molecule has 0 radical (unpaired) electrons. The fourth-order valence-electron chi connectivity index (χ4n) is 1.69. The van der Waals surface area contributed by atoms with Gasteiger partial charge in [-0.2, -0.15) is 0 Å². The van der Waals surface area contributed by atoms with E-state index < -0.39 is 0 Å². The van der Waals surface area contributed by atoms with Crippen molar-refractivity contribution in [2.45, 2.75) is 6.92 Å². The smallest absolute Gasteiger partial charge is 0.144 e. The standard InChI is InChI=1S/C13H13Cl2N3O2/c1-7-16-12(15)6-13(17-7)18-9-5-10(19-2)8(14)4-11(9)20-3/h4-6H,1-3H3,(H,16,17,18). The van der Waals surface area contributed by atoms with Crippen LogP contribution in [0.25, 0.3) is 0 Å². The zero-order valence-electron chi connectivity index (χ0n) is 11.2. The number of anilines is 2. The van der Waals surface area contributed by atoms with Crippen LogP contribution in [0.15, 0.2) is 18.2 Å². The van der Waals surface area contributed by atoms with E-state index in [-0.39, 0.29) is 0 Å². The number of halogens is 2. The monoisotopic (exact) mass is 313 g/mol. The lowest BCUT2D eigenvalue weighted by atomic mass is 10.2. The van der Waals surface area contributed by atoms with Gasteiger partial charge in [-0.1, -0.05) is 23.2 Å². The van der Waals surface area contributed by atoms with Crippen molar-refractivity contribution < 1.29 is 9.47 Å². The number of nitrogens with one attached hydrogen (secondary N) is 1. The van der Waals surface area contributed by atoms with Gasteiger partial charge >= 0.3 is 0 Å². The molecule has 1 heterocycles. The van der Waals surface area contributed by atoms with E-state index >= 15 is 0 Å². The lowest BCUT2D eigenvalue weighted by Crippen LogP contribution is -2.00. The summed E-state index contributed by atoms with van der Waals surface area (Å²) in [6.07, 6.45) is 0. The summed E-state index contributed by atoms with van der Waals surface area (Å²) in [5.41, 5.74) is 0.669. The van der Waals surface area contributed by atoms with Crippen molar-refractivity contribution in [3.05, 3.63) is 34.2 Å². The Kier molecular flexibility index (Phi) is 4.52. The highest BCUT2D eigenvalue weighted by Gasteiger charge is 2.11. The molecule has 0 saturated carbocycles. The predicted molar refractivity (Wildman–Crippen MR) is 79.6 cm³/mol. The van der Waals surface area contributed by atoms with Crippen molar-refractivity contribution >= 4 is 34.7 Å². The zero-order chi connectivity index (χ0) is 14.7. The van der Waals surface area contributed by atoms with E-state index in [0.29, 0.717) is 39.0 Å². The van der Waals surface area contributed by atoms with Crippen molar-refractivity contribution in [3.8, 4) is 11.5 Å². The van der Waals surface area contributed by atoms with Crippen LogP contribution in [0.1, 0.15) is 5.82 Å². The molecule has 2 rings (SSSR count). The van der Waals surface area contributed by atoms with Crippen LogP contribution in [0.3, 0.4) is 0 Å². The summed E-state index contributed by atoms with van der Waals surface area (Å²) in [5, 5.41) is 3.93. The quantitative estimate of drug-likeness (QED) is 0.869. The zero-order valence-corrected chi connectivity index (χ0v) is 12.7. The second kappa shape index (κ2) is 6.15. The van der Waals surface area contributed by atoms with Crippen LogP contribution < -0.4 is 14.8 Å². The van der Waals surface area contributed by atoms with Gasteiger partial charge in [0.2, 0.25) is 0 Å². The minimum absolute atomic E-state index is 0.361. The Bertz CT molecular complexity index is 615. The van der Waals surface area contributed by atoms with E-state index in [0.717, 1.165) is 0 Å². The Morgan fingerprint density at radius 3 is 2.30 bits per heavy atom. The van der Waals surface area contributed by atoms with Crippen LogP contribution in [-0.4, -0.2) is 24.2 Å². The van der Waals surface area contributed by atoms with Crippen molar-refractivity contribution in [3.63, 3.8) is 0 Å². The second-order valence-corrected chi connectivity index (χ2v) is 4.73. The number of aromatic nitrogens is 2. The topological polar surface area (TPSA) is 56.3 Å². The fourth-order valence-corrected chi connectivity index (χ4v) is 2.15. The number of hydrogen-bond acceptors (Lipinski definition) is 5. The summed E-state index contributed by atoms with van der Waals surface area (Å²) in [6, 6.07) is 5.01. The molecule has 0 spiro atoms. The molecular formula is C13H13Cl2N3O2. The third-order valence-electron chi connectivity index (χ3n) is 2.54. The van der Waals surface area contributed by atoms with Crippen LogP contribution in [0.4, 0.5) is 11.5 Å². The van der Waals surface area contributed by atoms with E-state index in [1.165, 1.54) is 0 Å². The molecule has 0 amide bonds. The van der Waals surface area contributed by atoms with Crippen LogP contribution >= 0.6 is 23.2 Å². The van der Waals surface area contributed by atoms with Crippen molar-refractivity contribution in [2.75, 3.05) is 19.5 Å². The number of ether oxygens (including phenoxy) is 2. The average Bonchev–Trinajstić information content (AvgIpc) is 2.39. The molecule has 0 atom stereocenters. The summed E-state index contributed by atoms with van der Waals surface area (Å²) in [4.78, 5) is 8.25. The highest BCUT2D eigenvalue weighted by molar-refractivity contribution is 6.32. The number of nitrogens with zero attached hydrogens (tertiary/aromatic N) is 2. The summed E-state index contributed by atoms with van der Waals surface area (Å²) in [6.45, 7) is 1.76. The van der Waals surface area contributed by atoms with Gasteiger partial charge in [0.05, 0.1) is 24.9 Å². The van der Waals surface area contributed by atoms with Crippen LogP contribution in [-0.2, 0) is 0 Å². The van der Waals surface area contributed by atoms with Crippen LogP contribution in [0.2, 0.25) is 10.2 Å². The van der Waals surface area contributed by atoms with E-state index in [2.05, 4.69) is 15.3 Å². The number of methoxy groups -OCH3 is 2. The molecule has 20 heavy (non-hydrogen) atoms. The second-order valence-electron chi connectivity index (χ2n) is 3.94. The Hall–Kier alpha value is -1.72. The molecule has 1 aromatic heterocycles. The minimum Gasteiger partial charge on any atom is -0.495 e. The van der Waals surface area contributed by atoms with Crippen LogP contribution in [0.5, 0.6) is 11.5 Å².